The van der Waals surface area contributed by atoms with Crippen LogP contribution in [0.1, 0.15) is 25.7 Å². The Morgan fingerprint density at radius 2 is 1.97 bits per heavy atom. The maximum Gasteiger partial charge on any atom is 0.244 e. The van der Waals surface area contributed by atoms with Crippen molar-refractivity contribution in [1.29, 1.82) is 0 Å². The predicted octanol–water partition coefficient (Wildman–Crippen LogP) is -0.192. The summed E-state index contributed by atoms with van der Waals surface area (Å²) in [4.78, 5) is 44.2. The summed E-state index contributed by atoms with van der Waals surface area (Å²) in [6.07, 6.45) is 2.89. The molecule has 4 heterocycles. The standard InChI is InChI=1S/C22H35BrN4O5S/c1-24-19(29)15-16-21(31)27(6-3-2-4-10-28)18(22(16)13-14(23)17(15)33-22)20(30)25-5-7-26-8-11-32-12-9-26/h14-18,28H,2-13H2,1H3,(H,24,29)(H,25,30)/t14?,15-,16-,17-,18?,22?/m0/s1. The first kappa shape index (κ1) is 25.2. The Kier molecular flexibility index (Phi) is 8.26. The number of aliphatic hydroxyl groups is 1. The highest BCUT2D eigenvalue weighted by molar-refractivity contribution is 9.09. The Morgan fingerprint density at radius 1 is 1.21 bits per heavy atom. The third-order valence-corrected chi connectivity index (χ3v) is 10.7. The molecule has 1 spiro atoms. The molecule has 3 unspecified atom stereocenters. The van der Waals surface area contributed by atoms with Gasteiger partial charge in [-0.05, 0) is 25.7 Å². The Balaban J connectivity index is 1.52. The number of unbranched alkanes of at least 4 members (excludes halogenated alkanes) is 2. The van der Waals surface area contributed by atoms with Crippen LogP contribution in [0.4, 0.5) is 0 Å². The van der Waals surface area contributed by atoms with Crippen molar-refractivity contribution in [2.75, 3.05) is 59.6 Å². The number of likely N-dealkylation sites (tertiary alicyclic amines) is 1. The van der Waals surface area contributed by atoms with E-state index in [-0.39, 0.29) is 34.4 Å². The molecule has 33 heavy (non-hydrogen) atoms. The minimum atomic E-state index is -0.590. The largest absolute Gasteiger partial charge is 0.396 e. The van der Waals surface area contributed by atoms with Crippen molar-refractivity contribution >= 4 is 45.4 Å². The summed E-state index contributed by atoms with van der Waals surface area (Å²) < 4.78 is 4.80. The second-order valence-corrected chi connectivity index (χ2v) is 12.1. The van der Waals surface area contributed by atoms with Crippen molar-refractivity contribution in [2.45, 2.75) is 46.5 Å². The number of ether oxygens (including phenoxy) is 1. The molecule has 3 N–H and O–H groups in total. The summed E-state index contributed by atoms with van der Waals surface area (Å²) in [5, 5.41) is 14.9. The first-order chi connectivity index (χ1) is 15.9. The van der Waals surface area contributed by atoms with Crippen LogP contribution in [0.3, 0.4) is 0 Å². The molecule has 0 aromatic carbocycles. The molecule has 0 aromatic rings. The number of hydrogen-bond donors (Lipinski definition) is 3. The molecule has 4 aliphatic heterocycles. The lowest BCUT2D eigenvalue weighted by Gasteiger charge is -2.35. The van der Waals surface area contributed by atoms with Gasteiger partial charge >= 0.3 is 0 Å². The molecular formula is C22H35BrN4O5S. The summed E-state index contributed by atoms with van der Waals surface area (Å²) >= 11 is 5.41. The van der Waals surface area contributed by atoms with Crippen molar-refractivity contribution in [2.24, 2.45) is 11.8 Å². The van der Waals surface area contributed by atoms with Gasteiger partial charge in [-0.3, -0.25) is 19.3 Å². The van der Waals surface area contributed by atoms with Crippen molar-refractivity contribution in [3.05, 3.63) is 0 Å². The SMILES string of the molecule is CNC(=O)[C@H]1[C@H]2C(=O)N(CCCCCO)C(C(=O)NCCN3CCOCC3)C23CC(Br)[C@@H]1S3. The lowest BCUT2D eigenvalue weighted by atomic mass is 9.70. The molecule has 3 amide bonds. The van der Waals surface area contributed by atoms with Gasteiger partial charge in [-0.25, -0.2) is 0 Å². The zero-order valence-electron chi connectivity index (χ0n) is 19.1. The fraction of sp³-hybridized carbons (Fsp3) is 0.864. The number of rotatable bonds is 10. The number of nitrogens with zero attached hydrogens (tertiary/aromatic N) is 2. The Morgan fingerprint density at radius 3 is 2.67 bits per heavy atom. The average molecular weight is 548 g/mol. The summed E-state index contributed by atoms with van der Waals surface area (Å²) in [6, 6.07) is -0.585. The van der Waals surface area contributed by atoms with Crippen molar-refractivity contribution in [1.82, 2.24) is 20.4 Å². The first-order valence-electron chi connectivity index (χ1n) is 12.0. The van der Waals surface area contributed by atoms with Crippen molar-refractivity contribution in [3.63, 3.8) is 0 Å². The number of fused-ring (bicyclic) bond motifs is 1. The van der Waals surface area contributed by atoms with Crippen LogP contribution in [0.15, 0.2) is 0 Å². The molecule has 11 heteroatoms. The van der Waals surface area contributed by atoms with E-state index >= 15 is 0 Å². The van der Waals surface area contributed by atoms with Gasteiger partial charge in [-0.15, -0.1) is 11.8 Å². The topological polar surface area (TPSA) is 111 Å². The van der Waals surface area contributed by atoms with Crippen LogP contribution in [0.5, 0.6) is 0 Å². The van der Waals surface area contributed by atoms with Gasteiger partial charge < -0.3 is 25.4 Å². The summed E-state index contributed by atoms with van der Waals surface area (Å²) in [5.41, 5.74) is 0. The highest BCUT2D eigenvalue weighted by Crippen LogP contribution is 2.67. The quantitative estimate of drug-likeness (QED) is 0.257. The van der Waals surface area contributed by atoms with Crippen LogP contribution < -0.4 is 10.6 Å². The molecule has 2 bridgehead atoms. The van der Waals surface area contributed by atoms with E-state index in [1.807, 2.05) is 0 Å². The number of thioether (sulfide) groups is 1. The number of carbonyl (C=O) groups is 3. The number of hydrogen-bond acceptors (Lipinski definition) is 7. The molecule has 0 radical (unpaired) electrons. The predicted molar refractivity (Wildman–Crippen MR) is 129 cm³/mol. The summed E-state index contributed by atoms with van der Waals surface area (Å²) in [7, 11) is 1.61. The van der Waals surface area contributed by atoms with Gasteiger partial charge in [0.1, 0.15) is 6.04 Å². The van der Waals surface area contributed by atoms with E-state index in [2.05, 4.69) is 31.5 Å². The maximum absolute atomic E-state index is 13.7. The number of carbonyl (C=O) groups excluding carboxylic acids is 3. The highest BCUT2D eigenvalue weighted by Gasteiger charge is 2.75. The van der Waals surface area contributed by atoms with Crippen LogP contribution in [0.2, 0.25) is 0 Å². The van der Waals surface area contributed by atoms with Gasteiger partial charge in [0.2, 0.25) is 17.7 Å². The number of alkyl halides is 1. The lowest BCUT2D eigenvalue weighted by Crippen LogP contribution is -2.55. The Labute approximate surface area is 207 Å². The summed E-state index contributed by atoms with van der Waals surface area (Å²) in [6.45, 7) is 5.00. The molecule has 4 fully saturated rings. The van der Waals surface area contributed by atoms with E-state index in [0.29, 0.717) is 39.1 Å². The molecule has 4 saturated heterocycles. The van der Waals surface area contributed by atoms with Crippen molar-refractivity contribution in [3.8, 4) is 0 Å². The van der Waals surface area contributed by atoms with E-state index in [1.54, 1.807) is 23.7 Å². The Bertz CT molecular complexity index is 754. The zero-order chi connectivity index (χ0) is 23.6. The molecule has 0 aromatic heterocycles. The molecule has 0 saturated carbocycles. The van der Waals surface area contributed by atoms with Crippen LogP contribution >= 0.6 is 27.7 Å². The van der Waals surface area contributed by atoms with Gasteiger partial charge in [0.25, 0.3) is 0 Å². The van der Waals surface area contributed by atoms with E-state index in [9.17, 15) is 14.4 Å². The van der Waals surface area contributed by atoms with E-state index < -0.39 is 22.6 Å². The van der Waals surface area contributed by atoms with Crippen LogP contribution in [-0.4, -0.2) is 113 Å². The molecule has 9 nitrogen and oxygen atoms in total. The third kappa shape index (κ3) is 4.68. The second-order valence-electron chi connectivity index (χ2n) is 9.34. The maximum atomic E-state index is 13.7. The average Bonchev–Trinajstić information content (AvgIpc) is 3.40. The number of morpholine rings is 1. The molecule has 0 aliphatic carbocycles. The monoisotopic (exact) mass is 546 g/mol. The van der Waals surface area contributed by atoms with Gasteiger partial charge in [-0.2, -0.15) is 0 Å². The van der Waals surface area contributed by atoms with Gasteiger partial charge in [0, 0.05) is 56.5 Å². The number of aliphatic hydroxyl groups excluding tert-OH is 1. The van der Waals surface area contributed by atoms with Crippen LogP contribution in [0.25, 0.3) is 0 Å². The fourth-order valence-corrected chi connectivity index (χ4v) is 9.58. The Hall–Kier alpha value is -0.880. The molecule has 6 atom stereocenters. The van der Waals surface area contributed by atoms with Gasteiger partial charge in [0.15, 0.2) is 0 Å². The smallest absolute Gasteiger partial charge is 0.244 e. The van der Waals surface area contributed by atoms with Gasteiger partial charge in [0.05, 0.1) is 29.8 Å². The third-order valence-electron chi connectivity index (χ3n) is 7.47. The normalized spacial score (nSPS) is 35.7. The first-order valence-corrected chi connectivity index (χ1v) is 13.8. The summed E-state index contributed by atoms with van der Waals surface area (Å²) in [5.74, 6) is -1.22. The molecule has 186 valence electrons. The second kappa shape index (κ2) is 10.8. The highest BCUT2D eigenvalue weighted by atomic mass is 79.9. The fourth-order valence-electron chi connectivity index (χ4n) is 5.97. The minimum Gasteiger partial charge on any atom is -0.396 e. The molecule has 4 rings (SSSR count). The van der Waals surface area contributed by atoms with E-state index in [4.69, 9.17) is 9.84 Å². The number of halogens is 1. The molecular weight excluding hydrogens is 512 g/mol. The van der Waals surface area contributed by atoms with Crippen LogP contribution in [0, 0.1) is 11.8 Å². The van der Waals surface area contributed by atoms with Crippen molar-refractivity contribution < 1.29 is 24.2 Å². The zero-order valence-corrected chi connectivity index (χ0v) is 21.5. The minimum absolute atomic E-state index is 0.0147. The van der Waals surface area contributed by atoms with Crippen LogP contribution in [-0.2, 0) is 19.1 Å². The van der Waals surface area contributed by atoms with Gasteiger partial charge in [-0.1, -0.05) is 15.9 Å². The van der Waals surface area contributed by atoms with E-state index in [1.165, 1.54) is 0 Å². The number of nitrogens with one attached hydrogen (secondary N) is 2. The lowest BCUT2D eigenvalue weighted by molar-refractivity contribution is -0.139. The molecule has 4 aliphatic rings. The van der Waals surface area contributed by atoms with E-state index in [0.717, 1.165) is 32.5 Å². The number of amides is 3.